The predicted octanol–water partition coefficient (Wildman–Crippen LogP) is 5.05. The van der Waals surface area contributed by atoms with Gasteiger partial charge in [0.05, 0.1) is 0 Å². The van der Waals surface area contributed by atoms with Crippen molar-refractivity contribution in [3.63, 3.8) is 0 Å². The lowest BCUT2D eigenvalue weighted by atomic mass is 10.0. The third-order valence-corrected chi connectivity index (χ3v) is 4.31. The molecule has 0 bridgehead atoms. The van der Waals surface area contributed by atoms with Crippen LogP contribution >= 0.6 is 34.2 Å². The molecule has 0 aliphatic heterocycles. The Labute approximate surface area is 146 Å². The zero-order chi connectivity index (χ0) is 15.7. The molecule has 5 heteroatoms. The summed E-state index contributed by atoms with van der Waals surface area (Å²) in [7, 11) is 0. The fourth-order valence-electron chi connectivity index (χ4n) is 2.32. The van der Waals surface area contributed by atoms with Crippen molar-refractivity contribution >= 4 is 56.7 Å². The molecule has 0 atom stereocenters. The lowest BCUT2D eigenvalue weighted by Gasteiger charge is -2.10. The second-order valence-electron chi connectivity index (χ2n) is 4.91. The fourth-order valence-corrected chi connectivity index (χ4v) is 3.16. The fraction of sp³-hybridized carbons (Fsp3) is 0.0588. The SMILES string of the molecule is Cc1cc(I)cnc1NC(=O)c1cccc2c(Cl)cccc12. The number of rotatable bonds is 2. The van der Waals surface area contributed by atoms with Gasteiger partial charge in [0, 0.05) is 25.7 Å². The Bertz CT molecular complexity index is 880. The van der Waals surface area contributed by atoms with Crippen LogP contribution in [-0.2, 0) is 0 Å². The molecular weight excluding hydrogens is 411 g/mol. The van der Waals surface area contributed by atoms with E-state index in [0.29, 0.717) is 16.4 Å². The first kappa shape index (κ1) is 15.2. The van der Waals surface area contributed by atoms with Crippen LogP contribution in [0.2, 0.25) is 5.02 Å². The van der Waals surface area contributed by atoms with E-state index in [-0.39, 0.29) is 5.91 Å². The minimum atomic E-state index is -0.190. The van der Waals surface area contributed by atoms with Crippen LogP contribution < -0.4 is 5.32 Å². The highest BCUT2D eigenvalue weighted by atomic mass is 127. The molecule has 3 rings (SSSR count). The van der Waals surface area contributed by atoms with Gasteiger partial charge in [-0.1, -0.05) is 35.9 Å². The summed E-state index contributed by atoms with van der Waals surface area (Å²) in [5.74, 6) is 0.383. The second kappa shape index (κ2) is 6.22. The number of aromatic nitrogens is 1. The van der Waals surface area contributed by atoms with E-state index in [9.17, 15) is 4.79 Å². The zero-order valence-electron chi connectivity index (χ0n) is 11.7. The summed E-state index contributed by atoms with van der Waals surface area (Å²) in [6.45, 7) is 1.92. The molecule has 1 aromatic heterocycles. The molecule has 0 aliphatic carbocycles. The Morgan fingerprint density at radius 2 is 1.91 bits per heavy atom. The van der Waals surface area contributed by atoms with Gasteiger partial charge < -0.3 is 5.32 Å². The highest BCUT2D eigenvalue weighted by Gasteiger charge is 2.13. The first-order valence-corrected chi connectivity index (χ1v) is 8.12. The third kappa shape index (κ3) is 2.94. The number of aryl methyl sites for hydroxylation is 1. The van der Waals surface area contributed by atoms with Crippen LogP contribution in [0.25, 0.3) is 10.8 Å². The van der Waals surface area contributed by atoms with Crippen molar-refractivity contribution in [3.8, 4) is 0 Å². The first-order chi connectivity index (χ1) is 10.6. The van der Waals surface area contributed by atoms with Gasteiger partial charge in [0.15, 0.2) is 0 Å². The third-order valence-electron chi connectivity index (χ3n) is 3.39. The maximum atomic E-state index is 12.6. The van der Waals surface area contributed by atoms with Crippen molar-refractivity contribution in [2.24, 2.45) is 0 Å². The summed E-state index contributed by atoms with van der Waals surface area (Å²) >= 11 is 8.38. The first-order valence-electron chi connectivity index (χ1n) is 6.67. The van der Waals surface area contributed by atoms with Crippen molar-refractivity contribution in [1.82, 2.24) is 4.98 Å². The molecule has 0 fully saturated rings. The minimum Gasteiger partial charge on any atom is -0.306 e. The van der Waals surface area contributed by atoms with Crippen molar-refractivity contribution in [2.45, 2.75) is 6.92 Å². The van der Waals surface area contributed by atoms with Gasteiger partial charge in [0.1, 0.15) is 5.82 Å². The van der Waals surface area contributed by atoms with Crippen molar-refractivity contribution in [3.05, 3.63) is 68.4 Å². The number of nitrogens with zero attached hydrogens (tertiary/aromatic N) is 1. The van der Waals surface area contributed by atoms with Gasteiger partial charge in [-0.3, -0.25) is 4.79 Å². The zero-order valence-corrected chi connectivity index (χ0v) is 14.6. The number of carbonyl (C=O) groups is 1. The van der Waals surface area contributed by atoms with E-state index in [1.54, 1.807) is 12.3 Å². The van der Waals surface area contributed by atoms with Crippen molar-refractivity contribution in [2.75, 3.05) is 5.32 Å². The quantitative estimate of drug-likeness (QED) is 0.587. The number of hydrogen-bond acceptors (Lipinski definition) is 2. The van der Waals surface area contributed by atoms with Crippen LogP contribution in [0.4, 0.5) is 5.82 Å². The number of hydrogen-bond donors (Lipinski definition) is 1. The lowest BCUT2D eigenvalue weighted by Crippen LogP contribution is -2.14. The molecule has 1 heterocycles. The topological polar surface area (TPSA) is 42.0 Å². The van der Waals surface area contributed by atoms with E-state index in [4.69, 9.17) is 11.6 Å². The number of halogens is 2. The number of nitrogens with one attached hydrogen (secondary N) is 1. The van der Waals surface area contributed by atoms with Crippen LogP contribution in [0.15, 0.2) is 48.7 Å². The Hall–Kier alpha value is -1.66. The molecule has 0 aliphatic rings. The number of anilines is 1. The largest absolute Gasteiger partial charge is 0.306 e. The van der Waals surface area contributed by atoms with Gasteiger partial charge in [-0.15, -0.1) is 0 Å². The summed E-state index contributed by atoms with van der Waals surface area (Å²) in [5.41, 5.74) is 1.51. The summed E-state index contributed by atoms with van der Waals surface area (Å²) in [4.78, 5) is 16.9. The van der Waals surface area contributed by atoms with Crippen LogP contribution in [0.5, 0.6) is 0 Å². The number of carbonyl (C=O) groups excluding carboxylic acids is 1. The van der Waals surface area contributed by atoms with Crippen LogP contribution in [0, 0.1) is 10.5 Å². The normalized spacial score (nSPS) is 10.7. The molecule has 110 valence electrons. The smallest absolute Gasteiger partial charge is 0.257 e. The van der Waals surface area contributed by atoms with Crippen LogP contribution in [0.3, 0.4) is 0 Å². The Balaban J connectivity index is 2.01. The molecule has 0 saturated carbocycles. The van der Waals surface area contributed by atoms with Crippen molar-refractivity contribution < 1.29 is 4.79 Å². The van der Waals surface area contributed by atoms with E-state index in [0.717, 1.165) is 19.9 Å². The summed E-state index contributed by atoms with van der Waals surface area (Å²) in [5, 5.41) is 5.20. The van der Waals surface area contributed by atoms with Crippen LogP contribution in [0.1, 0.15) is 15.9 Å². The molecule has 22 heavy (non-hydrogen) atoms. The molecule has 0 radical (unpaired) electrons. The van der Waals surface area contributed by atoms with E-state index in [1.165, 1.54) is 0 Å². The summed E-state index contributed by atoms with van der Waals surface area (Å²) in [6, 6.07) is 13.1. The van der Waals surface area contributed by atoms with E-state index in [2.05, 4.69) is 32.9 Å². The molecule has 0 unspecified atom stereocenters. The van der Waals surface area contributed by atoms with Crippen molar-refractivity contribution in [1.29, 1.82) is 0 Å². The van der Waals surface area contributed by atoms with Gasteiger partial charge in [-0.25, -0.2) is 4.98 Å². The average molecular weight is 423 g/mol. The predicted molar refractivity (Wildman–Crippen MR) is 98.6 cm³/mol. The van der Waals surface area contributed by atoms with Gasteiger partial charge in [-0.05, 0) is 58.7 Å². The number of fused-ring (bicyclic) bond motifs is 1. The van der Waals surface area contributed by atoms with Gasteiger partial charge in [0.25, 0.3) is 5.91 Å². The van der Waals surface area contributed by atoms with Crippen LogP contribution in [-0.4, -0.2) is 10.9 Å². The molecule has 1 N–H and O–H groups in total. The molecule has 1 amide bonds. The maximum absolute atomic E-state index is 12.6. The van der Waals surface area contributed by atoms with E-state index in [1.807, 2.05) is 43.3 Å². The van der Waals surface area contributed by atoms with E-state index < -0.39 is 0 Å². The molecule has 0 saturated heterocycles. The van der Waals surface area contributed by atoms with E-state index >= 15 is 0 Å². The Morgan fingerprint density at radius 3 is 2.68 bits per heavy atom. The number of pyridine rings is 1. The van der Waals surface area contributed by atoms with Gasteiger partial charge in [-0.2, -0.15) is 0 Å². The monoisotopic (exact) mass is 422 g/mol. The molecule has 3 aromatic rings. The molecule has 2 aromatic carbocycles. The molecule has 0 spiro atoms. The second-order valence-corrected chi connectivity index (χ2v) is 6.57. The highest BCUT2D eigenvalue weighted by molar-refractivity contribution is 14.1. The lowest BCUT2D eigenvalue weighted by molar-refractivity contribution is 0.102. The maximum Gasteiger partial charge on any atom is 0.257 e. The average Bonchev–Trinajstić information content (AvgIpc) is 2.50. The minimum absolute atomic E-state index is 0.190. The highest BCUT2D eigenvalue weighted by Crippen LogP contribution is 2.26. The standard InChI is InChI=1S/C17H12ClIN2O/c1-10-8-11(19)9-20-16(10)21-17(22)14-6-2-5-13-12(14)4-3-7-15(13)18/h2-9H,1H3,(H,20,21,22). The van der Waals surface area contributed by atoms with Gasteiger partial charge in [0.2, 0.25) is 0 Å². The summed E-state index contributed by atoms with van der Waals surface area (Å²) in [6.07, 6.45) is 1.73. The molecule has 3 nitrogen and oxygen atoms in total. The molecular formula is C17H12ClIN2O. The Morgan fingerprint density at radius 1 is 1.18 bits per heavy atom. The number of benzene rings is 2. The Kier molecular flexibility index (Phi) is 4.31. The number of amides is 1. The van der Waals surface area contributed by atoms with Gasteiger partial charge >= 0.3 is 0 Å². The summed E-state index contributed by atoms with van der Waals surface area (Å²) < 4.78 is 1.03.